The van der Waals surface area contributed by atoms with Gasteiger partial charge in [-0.3, -0.25) is 0 Å². The molecule has 0 saturated carbocycles. The minimum absolute atomic E-state index is 0.0905. The van der Waals surface area contributed by atoms with E-state index in [0.717, 1.165) is 43.7 Å². The molecule has 2 N–H and O–H groups in total. The van der Waals surface area contributed by atoms with Crippen LogP contribution in [0.2, 0.25) is 0 Å². The van der Waals surface area contributed by atoms with Gasteiger partial charge in [0, 0.05) is 19.1 Å². The van der Waals surface area contributed by atoms with Gasteiger partial charge in [0.05, 0.1) is 12.3 Å². The molecule has 1 fully saturated rings. The van der Waals surface area contributed by atoms with Crippen molar-refractivity contribution < 1.29 is 4.74 Å². The van der Waals surface area contributed by atoms with Gasteiger partial charge in [0.15, 0.2) is 5.82 Å². The van der Waals surface area contributed by atoms with Crippen LogP contribution < -0.4 is 10.6 Å². The number of nitriles is 1. The van der Waals surface area contributed by atoms with Gasteiger partial charge >= 0.3 is 0 Å². The number of rotatable bonds is 5. The molecule has 0 radical (unpaired) electrons. The van der Waals surface area contributed by atoms with E-state index in [2.05, 4.69) is 26.9 Å². The van der Waals surface area contributed by atoms with E-state index in [9.17, 15) is 5.26 Å². The van der Waals surface area contributed by atoms with Crippen LogP contribution >= 0.6 is 0 Å². The zero-order chi connectivity index (χ0) is 15.3. The van der Waals surface area contributed by atoms with Crippen LogP contribution in [-0.2, 0) is 4.74 Å². The van der Waals surface area contributed by atoms with Crippen molar-refractivity contribution >= 4 is 5.82 Å². The normalized spacial score (nSPS) is 17.2. The molecule has 0 bridgehead atoms. The summed E-state index contributed by atoms with van der Waals surface area (Å²) in [4.78, 5) is 0. The van der Waals surface area contributed by atoms with E-state index < -0.39 is 0 Å². The first-order valence-corrected chi connectivity index (χ1v) is 7.29. The summed E-state index contributed by atoms with van der Waals surface area (Å²) < 4.78 is 5.40. The highest BCUT2D eigenvalue weighted by Gasteiger charge is 2.32. The number of aromatic nitrogens is 2. The Hall–Kier alpha value is -1.71. The lowest BCUT2D eigenvalue weighted by atomic mass is 9.79. The Bertz CT molecular complexity index is 526. The van der Waals surface area contributed by atoms with Crippen LogP contribution in [0.15, 0.2) is 0 Å². The molecule has 1 saturated heterocycles. The number of nitrogens with zero attached hydrogens (tertiary/aromatic N) is 3. The fraction of sp³-hybridized carbons (Fsp3) is 0.667. The third-order valence-corrected chi connectivity index (χ3v) is 4.31. The summed E-state index contributed by atoms with van der Waals surface area (Å²) in [7, 11) is 1.74. The van der Waals surface area contributed by atoms with Gasteiger partial charge in [0.2, 0.25) is 0 Å². The van der Waals surface area contributed by atoms with Crippen molar-refractivity contribution in [1.82, 2.24) is 15.5 Å². The minimum Gasteiger partial charge on any atom is -0.384 e. The van der Waals surface area contributed by atoms with Gasteiger partial charge in [-0.25, -0.2) is 0 Å². The molecule has 114 valence electrons. The zero-order valence-electron chi connectivity index (χ0n) is 13.0. The van der Waals surface area contributed by atoms with Gasteiger partial charge in [-0.15, -0.1) is 5.10 Å². The Balaban J connectivity index is 2.14. The predicted octanol–water partition coefficient (Wildman–Crippen LogP) is 1.39. The molecule has 2 heterocycles. The van der Waals surface area contributed by atoms with E-state index in [0.29, 0.717) is 18.0 Å². The van der Waals surface area contributed by atoms with Crippen molar-refractivity contribution in [3.8, 4) is 6.07 Å². The monoisotopic (exact) mass is 289 g/mol. The highest BCUT2D eigenvalue weighted by molar-refractivity contribution is 5.55. The number of anilines is 1. The lowest BCUT2D eigenvalue weighted by Gasteiger charge is -2.37. The van der Waals surface area contributed by atoms with Crippen LogP contribution in [0.1, 0.15) is 29.7 Å². The Morgan fingerprint density at radius 1 is 1.33 bits per heavy atom. The molecule has 0 atom stereocenters. The second-order valence-electron chi connectivity index (χ2n) is 5.78. The second kappa shape index (κ2) is 6.83. The number of methoxy groups -OCH3 is 1. The molecule has 21 heavy (non-hydrogen) atoms. The molecule has 1 aromatic rings. The number of piperidine rings is 1. The SMILES string of the molecule is COCC1(CNc2nnc(C)c(C)c2C#N)CCNCC1. The molecule has 6 heteroatoms. The first kappa shape index (κ1) is 15.7. The van der Waals surface area contributed by atoms with Gasteiger partial charge in [0.25, 0.3) is 0 Å². The third-order valence-electron chi connectivity index (χ3n) is 4.31. The molecule has 0 aromatic carbocycles. The lowest BCUT2D eigenvalue weighted by Crippen LogP contribution is -2.44. The molecule has 6 nitrogen and oxygen atoms in total. The average molecular weight is 289 g/mol. The number of aryl methyl sites for hydroxylation is 1. The van der Waals surface area contributed by atoms with E-state index in [4.69, 9.17) is 4.74 Å². The first-order chi connectivity index (χ1) is 10.1. The van der Waals surface area contributed by atoms with Crippen molar-refractivity contribution in [2.24, 2.45) is 5.41 Å². The minimum atomic E-state index is 0.0905. The van der Waals surface area contributed by atoms with Gasteiger partial charge in [0.1, 0.15) is 11.6 Å². The topological polar surface area (TPSA) is 82.9 Å². The van der Waals surface area contributed by atoms with Gasteiger partial charge in [-0.05, 0) is 45.3 Å². The summed E-state index contributed by atoms with van der Waals surface area (Å²) in [5.74, 6) is 0.578. The Morgan fingerprint density at radius 2 is 2.05 bits per heavy atom. The maximum atomic E-state index is 9.34. The number of ether oxygens (including phenoxy) is 1. The maximum Gasteiger partial charge on any atom is 0.166 e. The molecular weight excluding hydrogens is 266 g/mol. The molecule has 1 aliphatic rings. The lowest BCUT2D eigenvalue weighted by molar-refractivity contribution is 0.0635. The van der Waals surface area contributed by atoms with E-state index in [-0.39, 0.29) is 5.41 Å². The zero-order valence-corrected chi connectivity index (χ0v) is 13.0. The quantitative estimate of drug-likeness (QED) is 0.852. The summed E-state index contributed by atoms with van der Waals surface area (Å²) in [5.41, 5.74) is 2.36. The van der Waals surface area contributed by atoms with E-state index in [1.807, 2.05) is 13.8 Å². The molecular formula is C15H23N5O. The smallest absolute Gasteiger partial charge is 0.166 e. The highest BCUT2D eigenvalue weighted by Crippen LogP contribution is 2.30. The Kier molecular flexibility index (Phi) is 5.10. The number of hydrogen-bond acceptors (Lipinski definition) is 6. The average Bonchev–Trinajstić information content (AvgIpc) is 2.50. The first-order valence-electron chi connectivity index (χ1n) is 7.29. The fourth-order valence-electron chi connectivity index (χ4n) is 2.78. The third kappa shape index (κ3) is 3.49. The Morgan fingerprint density at radius 3 is 2.67 bits per heavy atom. The van der Waals surface area contributed by atoms with E-state index in [1.165, 1.54) is 0 Å². The van der Waals surface area contributed by atoms with Crippen LogP contribution in [-0.4, -0.2) is 43.5 Å². The molecule has 0 amide bonds. The van der Waals surface area contributed by atoms with E-state index >= 15 is 0 Å². The summed E-state index contributed by atoms with van der Waals surface area (Å²) in [5, 5.41) is 24.3. The van der Waals surface area contributed by atoms with Crippen molar-refractivity contribution in [3.05, 3.63) is 16.8 Å². The number of hydrogen-bond donors (Lipinski definition) is 2. The maximum absolute atomic E-state index is 9.34. The molecule has 2 rings (SSSR count). The van der Waals surface area contributed by atoms with Crippen molar-refractivity contribution in [1.29, 1.82) is 5.26 Å². The molecule has 1 aromatic heterocycles. The van der Waals surface area contributed by atoms with Crippen molar-refractivity contribution in [2.75, 3.05) is 38.7 Å². The Labute approximate surface area is 125 Å². The van der Waals surface area contributed by atoms with Gasteiger partial charge in [-0.1, -0.05) is 0 Å². The number of nitrogens with one attached hydrogen (secondary N) is 2. The van der Waals surface area contributed by atoms with Crippen molar-refractivity contribution in [3.63, 3.8) is 0 Å². The molecule has 0 aliphatic carbocycles. The molecule has 0 unspecified atom stereocenters. The fourth-order valence-corrected chi connectivity index (χ4v) is 2.78. The second-order valence-corrected chi connectivity index (χ2v) is 5.78. The molecule has 1 aliphatic heterocycles. The van der Waals surface area contributed by atoms with Crippen LogP contribution in [0.5, 0.6) is 0 Å². The van der Waals surface area contributed by atoms with Crippen molar-refractivity contribution in [2.45, 2.75) is 26.7 Å². The largest absolute Gasteiger partial charge is 0.384 e. The van der Waals surface area contributed by atoms with Crippen LogP contribution in [0.25, 0.3) is 0 Å². The molecule has 0 spiro atoms. The summed E-state index contributed by atoms with van der Waals surface area (Å²) in [6.07, 6.45) is 2.10. The van der Waals surface area contributed by atoms with Crippen LogP contribution in [0.4, 0.5) is 5.82 Å². The highest BCUT2D eigenvalue weighted by atomic mass is 16.5. The van der Waals surface area contributed by atoms with E-state index in [1.54, 1.807) is 7.11 Å². The van der Waals surface area contributed by atoms with Gasteiger partial charge < -0.3 is 15.4 Å². The predicted molar refractivity (Wildman–Crippen MR) is 81.1 cm³/mol. The summed E-state index contributed by atoms with van der Waals surface area (Å²) in [6.45, 7) is 7.22. The summed E-state index contributed by atoms with van der Waals surface area (Å²) >= 11 is 0. The summed E-state index contributed by atoms with van der Waals surface area (Å²) in [6, 6.07) is 2.23. The van der Waals surface area contributed by atoms with Crippen LogP contribution in [0.3, 0.4) is 0 Å². The van der Waals surface area contributed by atoms with Gasteiger partial charge in [-0.2, -0.15) is 10.4 Å². The standard InChI is InChI=1S/C15H23N5O/c1-11-12(2)19-20-14(13(11)8-16)18-9-15(10-21-3)4-6-17-7-5-15/h17H,4-7,9-10H2,1-3H3,(H,18,20). The van der Waals surface area contributed by atoms with Crippen LogP contribution in [0, 0.1) is 30.6 Å².